The summed E-state index contributed by atoms with van der Waals surface area (Å²) in [5.74, 6) is -0.363. The number of carbonyl (C=O) groups excluding carboxylic acids is 1. The third kappa shape index (κ3) is 5.91. The third-order valence-corrected chi connectivity index (χ3v) is 6.26. The Morgan fingerprint density at radius 3 is 2.33 bits per heavy atom. The molecule has 0 fully saturated rings. The number of hydroxylamine groups is 1. The summed E-state index contributed by atoms with van der Waals surface area (Å²) < 4.78 is 24.0. The van der Waals surface area contributed by atoms with E-state index in [2.05, 4.69) is 26.7 Å². The van der Waals surface area contributed by atoms with E-state index < -0.39 is 9.84 Å². The van der Waals surface area contributed by atoms with Gasteiger partial charge in [-0.3, -0.25) is 9.63 Å². The summed E-state index contributed by atoms with van der Waals surface area (Å²) in [7, 11) is -3.23. The number of para-hydroxylation sites is 1. The molecule has 0 spiro atoms. The van der Waals surface area contributed by atoms with E-state index in [1.807, 2.05) is 30.3 Å². The van der Waals surface area contributed by atoms with Gasteiger partial charge in [-0.25, -0.2) is 13.9 Å². The van der Waals surface area contributed by atoms with Gasteiger partial charge in [0.25, 0.3) is 5.91 Å². The van der Waals surface area contributed by atoms with Gasteiger partial charge in [-0.05, 0) is 41.5 Å². The Morgan fingerprint density at radius 2 is 1.63 bits per heavy atom. The number of amides is 1. The van der Waals surface area contributed by atoms with Crippen LogP contribution < -0.4 is 10.8 Å². The number of rotatable bonds is 8. The first-order chi connectivity index (χ1) is 14.3. The van der Waals surface area contributed by atoms with Crippen LogP contribution in [0, 0.1) is 0 Å². The SMILES string of the molecule is CS(=O)(=O)c1ccc(CNc2ccccc2C(=O)NOCc2ccccc2Br)cc1. The molecular formula is C22H21BrN2O4S. The molecule has 0 aliphatic heterocycles. The summed E-state index contributed by atoms with van der Waals surface area (Å²) in [5, 5.41) is 3.21. The number of hydrogen-bond acceptors (Lipinski definition) is 5. The number of anilines is 1. The van der Waals surface area contributed by atoms with E-state index in [4.69, 9.17) is 4.84 Å². The maximum Gasteiger partial charge on any atom is 0.276 e. The predicted octanol–water partition coefficient (Wildman–Crippen LogP) is 4.33. The number of halogens is 1. The van der Waals surface area contributed by atoms with Crippen LogP contribution in [0.3, 0.4) is 0 Å². The van der Waals surface area contributed by atoms with Gasteiger partial charge in [0.2, 0.25) is 0 Å². The predicted molar refractivity (Wildman–Crippen MR) is 120 cm³/mol. The van der Waals surface area contributed by atoms with Crippen molar-refractivity contribution in [3.63, 3.8) is 0 Å². The molecular weight excluding hydrogens is 468 g/mol. The van der Waals surface area contributed by atoms with E-state index in [9.17, 15) is 13.2 Å². The van der Waals surface area contributed by atoms with Crippen molar-refractivity contribution in [1.82, 2.24) is 5.48 Å². The lowest BCUT2D eigenvalue weighted by molar-refractivity contribution is 0.0232. The average Bonchev–Trinajstić information content (AvgIpc) is 2.73. The van der Waals surface area contributed by atoms with Crippen LogP contribution in [0.2, 0.25) is 0 Å². The lowest BCUT2D eigenvalue weighted by Gasteiger charge is -2.13. The first kappa shape index (κ1) is 22.0. The van der Waals surface area contributed by atoms with E-state index in [1.165, 1.54) is 6.26 Å². The highest BCUT2D eigenvalue weighted by molar-refractivity contribution is 9.10. The highest BCUT2D eigenvalue weighted by atomic mass is 79.9. The van der Waals surface area contributed by atoms with Crippen molar-refractivity contribution >= 4 is 37.4 Å². The van der Waals surface area contributed by atoms with Crippen LogP contribution in [0.25, 0.3) is 0 Å². The summed E-state index contributed by atoms with van der Waals surface area (Å²) in [5.41, 5.74) is 5.37. The normalized spacial score (nSPS) is 11.1. The Morgan fingerprint density at radius 1 is 0.967 bits per heavy atom. The molecule has 6 nitrogen and oxygen atoms in total. The summed E-state index contributed by atoms with van der Waals surface area (Å²) >= 11 is 3.44. The Balaban J connectivity index is 1.61. The van der Waals surface area contributed by atoms with Gasteiger partial charge in [-0.1, -0.05) is 58.4 Å². The fourth-order valence-corrected chi connectivity index (χ4v) is 3.77. The molecule has 30 heavy (non-hydrogen) atoms. The highest BCUT2D eigenvalue weighted by Gasteiger charge is 2.12. The first-order valence-corrected chi connectivity index (χ1v) is 11.8. The summed E-state index contributed by atoms with van der Waals surface area (Å²) in [6.07, 6.45) is 1.17. The van der Waals surface area contributed by atoms with Crippen molar-refractivity contribution in [1.29, 1.82) is 0 Å². The molecule has 0 atom stereocenters. The average molecular weight is 489 g/mol. The fourth-order valence-electron chi connectivity index (χ4n) is 2.74. The number of hydrogen-bond donors (Lipinski definition) is 2. The molecule has 0 saturated carbocycles. The molecule has 2 N–H and O–H groups in total. The molecule has 3 aromatic rings. The molecule has 3 aromatic carbocycles. The van der Waals surface area contributed by atoms with Gasteiger partial charge in [-0.2, -0.15) is 0 Å². The second-order valence-corrected chi connectivity index (χ2v) is 9.50. The van der Waals surface area contributed by atoms with Crippen LogP contribution >= 0.6 is 15.9 Å². The maximum atomic E-state index is 12.6. The van der Waals surface area contributed by atoms with Gasteiger partial charge in [0.05, 0.1) is 10.5 Å². The minimum atomic E-state index is -3.23. The zero-order valence-electron chi connectivity index (χ0n) is 16.3. The monoisotopic (exact) mass is 488 g/mol. The van der Waals surface area contributed by atoms with E-state index in [-0.39, 0.29) is 17.4 Å². The maximum absolute atomic E-state index is 12.6. The van der Waals surface area contributed by atoms with Crippen LogP contribution in [0.15, 0.2) is 82.2 Å². The summed E-state index contributed by atoms with van der Waals surface area (Å²) in [6.45, 7) is 0.668. The van der Waals surface area contributed by atoms with E-state index in [0.717, 1.165) is 15.6 Å². The Hall–Kier alpha value is -2.68. The van der Waals surface area contributed by atoms with Gasteiger partial charge >= 0.3 is 0 Å². The van der Waals surface area contributed by atoms with E-state index in [1.54, 1.807) is 42.5 Å². The second-order valence-electron chi connectivity index (χ2n) is 6.63. The van der Waals surface area contributed by atoms with E-state index in [0.29, 0.717) is 17.8 Å². The largest absolute Gasteiger partial charge is 0.380 e. The molecule has 0 aromatic heterocycles. The van der Waals surface area contributed by atoms with Crippen LogP contribution in [-0.4, -0.2) is 20.6 Å². The van der Waals surface area contributed by atoms with Gasteiger partial charge in [0.15, 0.2) is 9.84 Å². The molecule has 0 bridgehead atoms. The van der Waals surface area contributed by atoms with Gasteiger partial charge < -0.3 is 5.32 Å². The molecule has 156 valence electrons. The van der Waals surface area contributed by atoms with Crippen molar-refractivity contribution in [2.24, 2.45) is 0 Å². The molecule has 0 unspecified atom stereocenters. The fraction of sp³-hybridized carbons (Fsp3) is 0.136. The molecule has 0 aliphatic carbocycles. The zero-order valence-corrected chi connectivity index (χ0v) is 18.7. The summed E-state index contributed by atoms with van der Waals surface area (Å²) in [6, 6.07) is 21.3. The number of carbonyl (C=O) groups is 1. The number of nitrogens with one attached hydrogen (secondary N) is 2. The molecule has 8 heteroatoms. The number of benzene rings is 3. The Labute approximate surface area is 184 Å². The van der Waals surface area contributed by atoms with Crippen LogP contribution in [-0.2, 0) is 27.8 Å². The molecule has 3 rings (SSSR count). The lowest BCUT2D eigenvalue weighted by atomic mass is 10.1. The Kier molecular flexibility index (Phi) is 7.25. The van der Waals surface area contributed by atoms with Crippen molar-refractivity contribution in [2.75, 3.05) is 11.6 Å². The molecule has 0 aliphatic rings. The molecule has 0 heterocycles. The van der Waals surface area contributed by atoms with Gasteiger partial charge in [-0.15, -0.1) is 0 Å². The zero-order chi connectivity index (χ0) is 21.6. The van der Waals surface area contributed by atoms with Crippen molar-refractivity contribution < 1.29 is 18.0 Å². The summed E-state index contributed by atoms with van der Waals surface area (Å²) in [4.78, 5) is 18.2. The second kappa shape index (κ2) is 9.88. The van der Waals surface area contributed by atoms with Crippen molar-refractivity contribution in [2.45, 2.75) is 18.0 Å². The highest BCUT2D eigenvalue weighted by Crippen LogP contribution is 2.18. The van der Waals surface area contributed by atoms with Crippen LogP contribution in [0.5, 0.6) is 0 Å². The quantitative estimate of drug-likeness (QED) is 0.461. The van der Waals surface area contributed by atoms with Crippen LogP contribution in [0.4, 0.5) is 5.69 Å². The third-order valence-electron chi connectivity index (χ3n) is 4.36. The van der Waals surface area contributed by atoms with Gasteiger partial charge in [0.1, 0.15) is 6.61 Å². The standard InChI is InChI=1S/C22H21BrN2O4S/c1-30(27,28)18-12-10-16(11-13-18)14-24-21-9-5-3-7-19(21)22(26)25-29-15-17-6-2-4-8-20(17)23/h2-13,24H,14-15H2,1H3,(H,25,26). The molecule has 0 saturated heterocycles. The minimum absolute atomic E-state index is 0.232. The number of sulfone groups is 1. The molecule has 0 radical (unpaired) electrons. The van der Waals surface area contributed by atoms with Crippen molar-refractivity contribution in [3.8, 4) is 0 Å². The smallest absolute Gasteiger partial charge is 0.276 e. The van der Waals surface area contributed by atoms with Crippen molar-refractivity contribution in [3.05, 3.63) is 94.0 Å². The first-order valence-electron chi connectivity index (χ1n) is 9.12. The van der Waals surface area contributed by atoms with E-state index >= 15 is 0 Å². The van der Waals surface area contributed by atoms with Crippen LogP contribution in [0.1, 0.15) is 21.5 Å². The molecule has 1 amide bonds. The Bertz CT molecular complexity index is 1130. The minimum Gasteiger partial charge on any atom is -0.380 e. The van der Waals surface area contributed by atoms with Gasteiger partial charge in [0, 0.05) is 23.0 Å². The lowest BCUT2D eigenvalue weighted by Crippen LogP contribution is -2.24. The topological polar surface area (TPSA) is 84.5 Å².